The molecule has 0 saturated carbocycles. The molecule has 2 fully saturated rings. The van der Waals surface area contributed by atoms with E-state index in [1.54, 1.807) is 13.0 Å². The zero-order chi connectivity index (χ0) is 33.7. The second kappa shape index (κ2) is 12.0. The van der Waals surface area contributed by atoms with Gasteiger partial charge in [-0.2, -0.15) is 26.3 Å². The number of amides is 1. The van der Waals surface area contributed by atoms with Crippen LogP contribution in [0.15, 0.2) is 36.4 Å². The van der Waals surface area contributed by atoms with Gasteiger partial charge in [0.25, 0.3) is 0 Å². The predicted octanol–water partition coefficient (Wildman–Crippen LogP) is 7.25. The molecular formula is C31H28F7N3O5. The standard InChI is InChI=1S/C31H28F7N3O5/c1-15-8-25(40-6-3-7-40)39-23(27(15)21-11-17(4-5-26(43)44)22(32)13-24(21)42)14-41-16(2)28(46-29(41)45)18-9-19(30(33,34)35)12-20(10-18)31(36,37)38/h8-13,16,28,42H,3-7,14H2,1-2H3,(H,43,44)/t16-,28-/m0/s1. The lowest BCUT2D eigenvalue weighted by Crippen LogP contribution is -2.38. The molecule has 246 valence electrons. The number of aromatic hydroxyl groups is 1. The van der Waals surface area contributed by atoms with Crippen LogP contribution in [0.2, 0.25) is 0 Å². The first-order valence-corrected chi connectivity index (χ1v) is 14.2. The van der Waals surface area contributed by atoms with Gasteiger partial charge in [0.15, 0.2) is 0 Å². The number of carbonyl (C=O) groups is 2. The molecule has 0 bridgehead atoms. The summed E-state index contributed by atoms with van der Waals surface area (Å²) in [5, 5.41) is 19.9. The van der Waals surface area contributed by atoms with E-state index in [-0.39, 0.29) is 42.3 Å². The van der Waals surface area contributed by atoms with E-state index < -0.39 is 64.8 Å². The Bertz CT molecular complexity index is 1660. The first-order chi connectivity index (χ1) is 21.4. The molecule has 46 heavy (non-hydrogen) atoms. The van der Waals surface area contributed by atoms with E-state index in [0.29, 0.717) is 42.2 Å². The number of aromatic nitrogens is 1. The van der Waals surface area contributed by atoms with E-state index in [1.165, 1.54) is 13.0 Å². The van der Waals surface area contributed by atoms with Crippen LogP contribution in [-0.2, 0) is 34.8 Å². The highest BCUT2D eigenvalue weighted by molar-refractivity contribution is 5.78. The topological polar surface area (TPSA) is 103 Å². The fourth-order valence-electron chi connectivity index (χ4n) is 5.61. The highest BCUT2D eigenvalue weighted by Crippen LogP contribution is 2.43. The lowest BCUT2D eigenvalue weighted by molar-refractivity contribution is -0.143. The molecule has 3 heterocycles. The summed E-state index contributed by atoms with van der Waals surface area (Å²) in [5.41, 5.74) is -2.45. The van der Waals surface area contributed by atoms with Crippen molar-refractivity contribution in [2.45, 2.75) is 64.2 Å². The number of alkyl halides is 6. The molecule has 2 saturated heterocycles. The molecule has 15 heteroatoms. The largest absolute Gasteiger partial charge is 0.507 e. The molecule has 0 unspecified atom stereocenters. The van der Waals surface area contributed by atoms with Gasteiger partial charge in [-0.25, -0.2) is 14.2 Å². The van der Waals surface area contributed by atoms with Crippen LogP contribution in [-0.4, -0.2) is 51.3 Å². The Morgan fingerprint density at radius 3 is 2.20 bits per heavy atom. The smallest absolute Gasteiger partial charge is 0.416 e. The monoisotopic (exact) mass is 655 g/mol. The molecule has 5 rings (SSSR count). The molecule has 1 aromatic heterocycles. The summed E-state index contributed by atoms with van der Waals surface area (Å²) >= 11 is 0. The lowest BCUT2D eigenvalue weighted by Gasteiger charge is -2.33. The summed E-state index contributed by atoms with van der Waals surface area (Å²) in [5.74, 6) is -1.95. The zero-order valence-corrected chi connectivity index (χ0v) is 24.5. The minimum Gasteiger partial charge on any atom is -0.507 e. The number of halogens is 7. The molecule has 1 amide bonds. The van der Waals surface area contributed by atoms with Crippen molar-refractivity contribution < 1.29 is 55.3 Å². The van der Waals surface area contributed by atoms with Gasteiger partial charge >= 0.3 is 24.4 Å². The SMILES string of the molecule is Cc1cc(N2CCC2)nc(CN2C(=O)O[C@H](c3cc(C(F)(F)F)cc(C(F)(F)F)c3)[C@@H]2C)c1-c1cc(CCC(=O)O)c(F)cc1O. The number of phenols is 1. The number of aryl methyl sites for hydroxylation is 2. The molecule has 2 atom stereocenters. The van der Waals surface area contributed by atoms with E-state index in [9.17, 15) is 45.4 Å². The summed E-state index contributed by atoms with van der Waals surface area (Å²) in [4.78, 5) is 32.0. The van der Waals surface area contributed by atoms with E-state index in [1.807, 2.05) is 4.90 Å². The van der Waals surface area contributed by atoms with Crippen molar-refractivity contribution in [1.29, 1.82) is 0 Å². The number of carboxylic acid groups (broad SMARTS) is 1. The van der Waals surface area contributed by atoms with Crippen LogP contribution in [0.25, 0.3) is 11.1 Å². The molecular weight excluding hydrogens is 627 g/mol. The van der Waals surface area contributed by atoms with Gasteiger partial charge in [0.05, 0.1) is 29.4 Å². The number of phenolic OH excluding ortho intramolecular Hbond substituents is 1. The van der Waals surface area contributed by atoms with Gasteiger partial charge in [-0.3, -0.25) is 9.69 Å². The molecule has 0 aliphatic carbocycles. The summed E-state index contributed by atoms with van der Waals surface area (Å²) in [6.45, 7) is 4.15. The van der Waals surface area contributed by atoms with Gasteiger partial charge in [-0.1, -0.05) is 0 Å². The van der Waals surface area contributed by atoms with Crippen LogP contribution >= 0.6 is 0 Å². The van der Waals surface area contributed by atoms with E-state index in [2.05, 4.69) is 0 Å². The first-order valence-electron chi connectivity index (χ1n) is 14.2. The van der Waals surface area contributed by atoms with Crippen LogP contribution in [0.1, 0.15) is 59.4 Å². The Balaban J connectivity index is 1.56. The highest BCUT2D eigenvalue weighted by Gasteiger charge is 2.44. The maximum atomic E-state index is 14.7. The summed E-state index contributed by atoms with van der Waals surface area (Å²) in [6.07, 6.45) is -12.4. The number of hydrogen-bond donors (Lipinski definition) is 2. The Kier molecular flexibility index (Phi) is 8.55. The number of carboxylic acids is 1. The first kappa shape index (κ1) is 32.8. The van der Waals surface area contributed by atoms with Gasteiger partial charge in [0, 0.05) is 36.7 Å². The second-order valence-electron chi connectivity index (χ2n) is 11.3. The van der Waals surface area contributed by atoms with Crippen LogP contribution in [0, 0.1) is 12.7 Å². The number of benzene rings is 2. The molecule has 8 nitrogen and oxygen atoms in total. The number of aliphatic carboxylic acids is 1. The average Bonchev–Trinajstić information content (AvgIpc) is 3.19. The van der Waals surface area contributed by atoms with Crippen molar-refractivity contribution in [2.75, 3.05) is 18.0 Å². The molecule has 2 aliphatic rings. The van der Waals surface area contributed by atoms with E-state index in [4.69, 9.17) is 14.8 Å². The molecule has 0 radical (unpaired) electrons. The van der Waals surface area contributed by atoms with Crippen molar-refractivity contribution in [2.24, 2.45) is 0 Å². The average molecular weight is 656 g/mol. The lowest BCUT2D eigenvalue weighted by atomic mass is 9.93. The van der Waals surface area contributed by atoms with Crippen molar-refractivity contribution in [1.82, 2.24) is 9.88 Å². The van der Waals surface area contributed by atoms with Crippen molar-refractivity contribution in [3.63, 3.8) is 0 Å². The van der Waals surface area contributed by atoms with Gasteiger partial charge in [0.2, 0.25) is 0 Å². The van der Waals surface area contributed by atoms with Crippen LogP contribution in [0.5, 0.6) is 5.75 Å². The minimum absolute atomic E-state index is 0.00593. The summed E-state index contributed by atoms with van der Waals surface area (Å²) in [7, 11) is 0. The normalized spacial score (nSPS) is 18.5. The molecule has 0 spiro atoms. The highest BCUT2D eigenvalue weighted by atomic mass is 19.4. The van der Waals surface area contributed by atoms with Crippen molar-refractivity contribution in [3.05, 3.63) is 75.7 Å². The van der Waals surface area contributed by atoms with Crippen LogP contribution in [0.4, 0.5) is 41.3 Å². The van der Waals surface area contributed by atoms with E-state index >= 15 is 0 Å². The maximum Gasteiger partial charge on any atom is 0.416 e. The Hall–Kier alpha value is -4.56. The molecule has 2 N–H and O–H groups in total. The van der Waals surface area contributed by atoms with Gasteiger partial charge in [0.1, 0.15) is 23.5 Å². The van der Waals surface area contributed by atoms with E-state index in [0.717, 1.165) is 17.4 Å². The van der Waals surface area contributed by atoms with Gasteiger partial charge in [-0.15, -0.1) is 0 Å². The quantitative estimate of drug-likeness (QED) is 0.247. The Labute approximate surface area is 258 Å². The maximum absolute atomic E-state index is 14.7. The van der Waals surface area contributed by atoms with Crippen molar-refractivity contribution in [3.8, 4) is 16.9 Å². The third kappa shape index (κ3) is 6.53. The predicted molar refractivity (Wildman–Crippen MR) is 149 cm³/mol. The number of cyclic esters (lactones) is 1. The minimum atomic E-state index is -5.10. The number of nitrogens with zero attached hydrogens (tertiary/aromatic N) is 3. The summed E-state index contributed by atoms with van der Waals surface area (Å²) < 4.78 is 101. The second-order valence-corrected chi connectivity index (χ2v) is 11.3. The number of pyridine rings is 1. The third-order valence-corrected chi connectivity index (χ3v) is 8.15. The Morgan fingerprint density at radius 2 is 1.65 bits per heavy atom. The Morgan fingerprint density at radius 1 is 1.02 bits per heavy atom. The number of hydrogen-bond acceptors (Lipinski definition) is 6. The van der Waals surface area contributed by atoms with Gasteiger partial charge < -0.3 is 19.8 Å². The molecule has 2 aliphatic heterocycles. The van der Waals surface area contributed by atoms with Crippen LogP contribution < -0.4 is 4.90 Å². The number of rotatable bonds is 8. The number of ether oxygens (including phenoxy) is 1. The number of carbonyl (C=O) groups excluding carboxylic acids is 1. The summed E-state index contributed by atoms with van der Waals surface area (Å²) in [6, 6.07) is 3.82. The van der Waals surface area contributed by atoms with Crippen LogP contribution in [0.3, 0.4) is 0 Å². The third-order valence-electron chi connectivity index (χ3n) is 8.15. The van der Waals surface area contributed by atoms with Crippen molar-refractivity contribution >= 4 is 17.9 Å². The fourth-order valence-corrected chi connectivity index (χ4v) is 5.61. The number of anilines is 1. The zero-order valence-electron chi connectivity index (χ0n) is 24.5. The molecule has 2 aromatic carbocycles. The molecule has 3 aromatic rings. The fraction of sp³-hybridized carbons (Fsp3) is 0.387. The van der Waals surface area contributed by atoms with Gasteiger partial charge in [-0.05, 0) is 73.7 Å².